The van der Waals surface area contributed by atoms with Crippen molar-refractivity contribution in [2.75, 3.05) is 5.73 Å². The second kappa shape index (κ2) is 7.87. The van der Waals surface area contributed by atoms with Crippen LogP contribution in [0.5, 0.6) is 5.75 Å². The molecule has 0 saturated heterocycles. The highest BCUT2D eigenvalue weighted by atomic mass is 16.5. The minimum Gasteiger partial charge on any atom is -0.465 e. The number of benzene rings is 1. The predicted molar refractivity (Wildman–Crippen MR) is 107 cm³/mol. The van der Waals surface area contributed by atoms with Crippen LogP contribution in [-0.4, -0.2) is 14.5 Å². The highest BCUT2D eigenvalue weighted by Crippen LogP contribution is 2.32. The van der Waals surface area contributed by atoms with E-state index >= 15 is 0 Å². The van der Waals surface area contributed by atoms with Gasteiger partial charge in [0.2, 0.25) is 0 Å². The topological polar surface area (TPSA) is 66.0 Å². The van der Waals surface area contributed by atoms with E-state index in [2.05, 4.69) is 35.1 Å². The number of hydrogen-bond donors (Lipinski definition) is 1. The third-order valence-electron chi connectivity index (χ3n) is 4.30. The van der Waals surface area contributed by atoms with E-state index in [0.29, 0.717) is 11.7 Å². The van der Waals surface area contributed by atoms with Gasteiger partial charge in [-0.3, -0.25) is 0 Å². The molecular formula is C21H24N4O. The highest BCUT2D eigenvalue weighted by molar-refractivity contribution is 6.00. The fourth-order valence-corrected chi connectivity index (χ4v) is 2.85. The van der Waals surface area contributed by atoms with Gasteiger partial charge in [-0.2, -0.15) is 0 Å². The minimum atomic E-state index is 0.448. The van der Waals surface area contributed by atoms with Gasteiger partial charge in [-0.15, -0.1) is 0 Å². The number of aromatic nitrogens is 3. The molecule has 1 atom stereocenters. The smallest absolute Gasteiger partial charge is 0.145 e. The van der Waals surface area contributed by atoms with Crippen molar-refractivity contribution >= 4 is 16.9 Å². The Morgan fingerprint density at radius 1 is 1.23 bits per heavy atom. The molecule has 1 aromatic carbocycles. The largest absolute Gasteiger partial charge is 0.465 e. The maximum Gasteiger partial charge on any atom is 0.145 e. The van der Waals surface area contributed by atoms with Crippen LogP contribution in [0.1, 0.15) is 20.3 Å². The molecule has 26 heavy (non-hydrogen) atoms. The first kappa shape index (κ1) is 17.7. The number of fused-ring (bicyclic) bond motifs is 1. The molecule has 0 aliphatic heterocycles. The summed E-state index contributed by atoms with van der Waals surface area (Å²) in [4.78, 5) is 8.43. The number of anilines is 1. The van der Waals surface area contributed by atoms with Gasteiger partial charge in [0.25, 0.3) is 0 Å². The maximum absolute atomic E-state index is 6.06. The summed E-state index contributed by atoms with van der Waals surface area (Å²) in [5.41, 5.74) is 8.96. The van der Waals surface area contributed by atoms with Gasteiger partial charge in [0.15, 0.2) is 0 Å². The number of allylic oxidation sites excluding steroid dienone is 3. The van der Waals surface area contributed by atoms with Crippen molar-refractivity contribution in [1.82, 2.24) is 14.5 Å². The monoisotopic (exact) mass is 348 g/mol. The van der Waals surface area contributed by atoms with E-state index in [1.165, 1.54) is 6.33 Å². The number of nitrogens with zero attached hydrogens (tertiary/aromatic N) is 3. The van der Waals surface area contributed by atoms with Crippen LogP contribution in [0.2, 0.25) is 0 Å². The van der Waals surface area contributed by atoms with Crippen molar-refractivity contribution < 1.29 is 4.74 Å². The summed E-state index contributed by atoms with van der Waals surface area (Å²) in [6, 6.07) is 7.95. The van der Waals surface area contributed by atoms with Crippen molar-refractivity contribution in [2.24, 2.45) is 13.0 Å². The van der Waals surface area contributed by atoms with Crippen molar-refractivity contribution in [2.45, 2.75) is 20.3 Å². The Labute approximate surface area is 153 Å². The van der Waals surface area contributed by atoms with Crippen LogP contribution in [0.25, 0.3) is 22.2 Å². The SMILES string of the molecule is C/C=C\CC(C)/C=C/Oc1ccc(-c2cn(C)c3ncnc(N)c23)cc1. The molecule has 1 unspecified atom stereocenters. The quantitative estimate of drug-likeness (QED) is 0.517. The number of hydrogen-bond acceptors (Lipinski definition) is 4. The molecule has 0 spiro atoms. The zero-order chi connectivity index (χ0) is 18.5. The van der Waals surface area contributed by atoms with Gasteiger partial charge in [0.1, 0.15) is 23.5 Å². The molecule has 0 amide bonds. The zero-order valence-electron chi connectivity index (χ0n) is 15.4. The predicted octanol–water partition coefficient (Wildman–Crippen LogP) is 4.71. The first-order valence-corrected chi connectivity index (χ1v) is 8.70. The number of nitrogen functional groups attached to an aromatic ring is 1. The summed E-state index contributed by atoms with van der Waals surface area (Å²) in [6.45, 7) is 4.19. The first-order chi connectivity index (χ1) is 12.6. The minimum absolute atomic E-state index is 0.448. The third-order valence-corrected chi connectivity index (χ3v) is 4.30. The van der Waals surface area contributed by atoms with E-state index in [9.17, 15) is 0 Å². The van der Waals surface area contributed by atoms with Gasteiger partial charge in [0.05, 0.1) is 11.6 Å². The summed E-state index contributed by atoms with van der Waals surface area (Å²) in [5.74, 6) is 1.74. The van der Waals surface area contributed by atoms with Crippen LogP contribution in [-0.2, 0) is 7.05 Å². The number of aryl methyl sites for hydroxylation is 1. The lowest BCUT2D eigenvalue weighted by molar-refractivity contribution is 0.474. The molecule has 5 nitrogen and oxygen atoms in total. The van der Waals surface area contributed by atoms with Crippen molar-refractivity contribution in [3.8, 4) is 16.9 Å². The molecule has 134 valence electrons. The summed E-state index contributed by atoms with van der Waals surface area (Å²) in [6.07, 6.45) is 12.6. The Kier molecular flexibility index (Phi) is 5.37. The van der Waals surface area contributed by atoms with Crippen molar-refractivity contribution in [1.29, 1.82) is 0 Å². The number of ether oxygens (including phenoxy) is 1. The second-order valence-electron chi connectivity index (χ2n) is 6.36. The van der Waals surface area contributed by atoms with E-state index in [1.54, 1.807) is 6.26 Å². The van der Waals surface area contributed by atoms with E-state index in [0.717, 1.165) is 34.3 Å². The molecular weight excluding hydrogens is 324 g/mol. The van der Waals surface area contributed by atoms with E-state index in [4.69, 9.17) is 10.5 Å². The van der Waals surface area contributed by atoms with Gasteiger partial charge in [-0.05, 0) is 43.0 Å². The van der Waals surface area contributed by atoms with Gasteiger partial charge >= 0.3 is 0 Å². The van der Waals surface area contributed by atoms with Crippen molar-refractivity contribution in [3.05, 3.63) is 61.3 Å². The fourth-order valence-electron chi connectivity index (χ4n) is 2.85. The van der Waals surface area contributed by atoms with Crippen LogP contribution in [0.15, 0.2) is 61.3 Å². The van der Waals surface area contributed by atoms with Crippen LogP contribution in [0.4, 0.5) is 5.82 Å². The average molecular weight is 348 g/mol. The van der Waals surface area contributed by atoms with Crippen LogP contribution in [0, 0.1) is 5.92 Å². The molecule has 3 rings (SSSR count). The van der Waals surface area contributed by atoms with Gasteiger partial charge < -0.3 is 15.0 Å². The molecule has 0 aliphatic rings. The number of nitrogens with two attached hydrogens (primary N) is 1. The molecule has 5 heteroatoms. The third kappa shape index (κ3) is 3.77. The molecule has 0 radical (unpaired) electrons. The van der Waals surface area contributed by atoms with Gasteiger partial charge in [0, 0.05) is 18.8 Å². The molecule has 0 aliphatic carbocycles. The summed E-state index contributed by atoms with van der Waals surface area (Å²) in [5, 5.41) is 0.876. The first-order valence-electron chi connectivity index (χ1n) is 8.70. The highest BCUT2D eigenvalue weighted by Gasteiger charge is 2.13. The molecule has 2 aromatic heterocycles. The Morgan fingerprint density at radius 2 is 2.00 bits per heavy atom. The van der Waals surface area contributed by atoms with Crippen LogP contribution < -0.4 is 10.5 Å². The van der Waals surface area contributed by atoms with Crippen molar-refractivity contribution in [3.63, 3.8) is 0 Å². The normalized spacial score (nSPS) is 13.0. The molecule has 3 aromatic rings. The standard InChI is InChI=1S/C21H24N4O/c1-4-5-6-15(2)11-12-26-17-9-7-16(8-10-17)18-13-25(3)21-19(18)20(22)23-14-24-21/h4-5,7-15H,6H2,1-3H3,(H2,22,23,24)/b5-4-,12-11+. The van der Waals surface area contributed by atoms with Gasteiger partial charge in [-0.25, -0.2) is 9.97 Å². The Bertz CT molecular complexity index is 939. The summed E-state index contributed by atoms with van der Waals surface area (Å²) >= 11 is 0. The number of rotatable bonds is 6. The molecule has 0 fully saturated rings. The Morgan fingerprint density at radius 3 is 2.73 bits per heavy atom. The Hall–Kier alpha value is -3.08. The lowest BCUT2D eigenvalue weighted by atomic mass is 10.1. The lowest BCUT2D eigenvalue weighted by Gasteiger charge is -2.05. The lowest BCUT2D eigenvalue weighted by Crippen LogP contribution is -1.94. The molecule has 2 N–H and O–H groups in total. The summed E-state index contributed by atoms with van der Waals surface area (Å²) in [7, 11) is 1.95. The zero-order valence-corrected chi connectivity index (χ0v) is 15.4. The van der Waals surface area contributed by atoms with E-state index in [-0.39, 0.29) is 0 Å². The van der Waals surface area contributed by atoms with E-state index < -0.39 is 0 Å². The molecule has 0 saturated carbocycles. The Balaban J connectivity index is 1.77. The van der Waals surface area contributed by atoms with Crippen LogP contribution >= 0.6 is 0 Å². The second-order valence-corrected chi connectivity index (χ2v) is 6.36. The maximum atomic E-state index is 6.06. The average Bonchev–Trinajstić information content (AvgIpc) is 2.99. The molecule has 0 bridgehead atoms. The molecule has 2 heterocycles. The van der Waals surface area contributed by atoms with Crippen LogP contribution in [0.3, 0.4) is 0 Å². The van der Waals surface area contributed by atoms with E-state index in [1.807, 2.05) is 49.0 Å². The summed E-state index contributed by atoms with van der Waals surface area (Å²) < 4.78 is 7.66. The van der Waals surface area contributed by atoms with Gasteiger partial charge in [-0.1, -0.05) is 31.2 Å². The fraction of sp³-hybridized carbons (Fsp3) is 0.238.